The van der Waals surface area contributed by atoms with Crippen LogP contribution in [0.4, 0.5) is 23.7 Å². The summed E-state index contributed by atoms with van der Waals surface area (Å²) in [5.74, 6) is -7.48. The van der Waals surface area contributed by atoms with Crippen molar-refractivity contribution in [3.8, 4) is 0 Å². The molecule has 4 fully saturated rings. The number of ether oxygens (including phenoxy) is 1. The van der Waals surface area contributed by atoms with Crippen molar-refractivity contribution in [3.63, 3.8) is 0 Å². The van der Waals surface area contributed by atoms with Crippen molar-refractivity contribution in [1.29, 1.82) is 0 Å². The lowest BCUT2D eigenvalue weighted by molar-refractivity contribution is -0.213. The number of likely N-dealkylation sites (tertiary alicyclic amines) is 1. The lowest BCUT2D eigenvalue weighted by Gasteiger charge is -2.62. The Morgan fingerprint density at radius 1 is 1.11 bits per heavy atom. The maximum Gasteiger partial charge on any atom is 0.410 e. The third-order valence-corrected chi connectivity index (χ3v) is 12.0. The molecule has 3 saturated carbocycles. The van der Waals surface area contributed by atoms with Crippen molar-refractivity contribution in [3.05, 3.63) is 58.4 Å². The second-order valence-electron chi connectivity index (χ2n) is 11.7. The summed E-state index contributed by atoms with van der Waals surface area (Å²) in [4.78, 5) is 38.5. The number of hydrogen-bond donors (Lipinski definition) is 4. The standard InChI is InChI=1S/C29H31ClF3N3O8S/c1-13-17-10-16(11-18(13)29(17,41)12-34-27(39)25-22(37)5-6-36(25)28(40)44-2)45(42,43)23-7-14(3-4-19(23)30)26(38)35-15-8-20(31)24(33)21(32)9-15/h3-4,7-9,13,16-18,22,25,37,41H,5-6,10-12H2,1-2H3,(H,34,39)(H,35,38)/t13-,16?,17?,18?,22-,25+,29+/m1/s1. The molecule has 11 nitrogen and oxygen atoms in total. The Balaban J connectivity index is 1.29. The highest BCUT2D eigenvalue weighted by molar-refractivity contribution is 7.92. The van der Waals surface area contributed by atoms with Crippen LogP contribution < -0.4 is 10.6 Å². The fourth-order valence-electron chi connectivity index (χ4n) is 6.98. The Hall–Kier alpha value is -3.40. The van der Waals surface area contributed by atoms with Crippen LogP contribution >= 0.6 is 11.6 Å². The van der Waals surface area contributed by atoms with Gasteiger partial charge >= 0.3 is 6.09 Å². The zero-order chi connectivity index (χ0) is 33.0. The van der Waals surface area contributed by atoms with E-state index in [1.165, 1.54) is 12.1 Å². The summed E-state index contributed by atoms with van der Waals surface area (Å²) in [5.41, 5.74) is -2.01. The van der Waals surface area contributed by atoms with Crippen LogP contribution in [0.15, 0.2) is 35.2 Å². The van der Waals surface area contributed by atoms with Crippen molar-refractivity contribution in [1.82, 2.24) is 10.2 Å². The summed E-state index contributed by atoms with van der Waals surface area (Å²) in [6.45, 7) is 1.76. The number of benzene rings is 2. The molecule has 0 aromatic heterocycles. The third kappa shape index (κ3) is 5.75. The molecule has 2 unspecified atom stereocenters. The monoisotopic (exact) mass is 673 g/mol. The molecule has 1 saturated heterocycles. The Morgan fingerprint density at radius 3 is 2.33 bits per heavy atom. The number of sulfone groups is 1. The van der Waals surface area contributed by atoms with E-state index >= 15 is 0 Å². The van der Waals surface area contributed by atoms with Crippen LogP contribution in [0.2, 0.25) is 5.02 Å². The number of methoxy groups -OCH3 is 1. The number of hydrogen-bond acceptors (Lipinski definition) is 8. The first-order valence-electron chi connectivity index (χ1n) is 14.1. The van der Waals surface area contributed by atoms with Crippen molar-refractivity contribution in [2.75, 3.05) is 25.5 Å². The van der Waals surface area contributed by atoms with E-state index in [9.17, 15) is 46.2 Å². The second kappa shape index (κ2) is 12.1. The Labute approximate surface area is 261 Å². The number of carbonyl (C=O) groups is 3. The van der Waals surface area contributed by atoms with Gasteiger partial charge in [0, 0.05) is 36.5 Å². The van der Waals surface area contributed by atoms with Gasteiger partial charge in [-0.05, 0) is 55.2 Å². The molecule has 2 aromatic carbocycles. The molecule has 6 rings (SSSR count). The average molecular weight is 674 g/mol. The summed E-state index contributed by atoms with van der Waals surface area (Å²) in [6, 6.07) is 3.42. The molecule has 3 amide bonds. The van der Waals surface area contributed by atoms with Crippen LogP contribution in [0, 0.1) is 35.2 Å². The first-order valence-corrected chi connectivity index (χ1v) is 16.0. The van der Waals surface area contributed by atoms with Gasteiger partial charge in [0.2, 0.25) is 5.91 Å². The van der Waals surface area contributed by atoms with Gasteiger partial charge in [-0.25, -0.2) is 26.4 Å². The van der Waals surface area contributed by atoms with E-state index in [0.717, 1.165) is 18.1 Å². The van der Waals surface area contributed by atoms with Crippen LogP contribution in [0.1, 0.15) is 36.5 Å². The van der Waals surface area contributed by atoms with Gasteiger partial charge in [0.25, 0.3) is 5.91 Å². The normalized spacial score (nSPS) is 29.1. The highest BCUT2D eigenvalue weighted by atomic mass is 35.5. The maximum atomic E-state index is 13.8. The van der Waals surface area contributed by atoms with E-state index in [-0.39, 0.29) is 59.4 Å². The van der Waals surface area contributed by atoms with Gasteiger partial charge in [0.15, 0.2) is 27.3 Å². The van der Waals surface area contributed by atoms with E-state index in [1.54, 1.807) is 0 Å². The van der Waals surface area contributed by atoms with E-state index < -0.39 is 80.0 Å². The molecule has 0 radical (unpaired) electrons. The van der Waals surface area contributed by atoms with E-state index in [4.69, 9.17) is 11.6 Å². The molecule has 16 heteroatoms. The second-order valence-corrected chi connectivity index (χ2v) is 14.3. The fraction of sp³-hybridized carbons (Fsp3) is 0.483. The molecule has 45 heavy (non-hydrogen) atoms. The largest absolute Gasteiger partial charge is 0.453 e. The van der Waals surface area contributed by atoms with Crippen LogP contribution in [0.3, 0.4) is 0 Å². The zero-order valence-corrected chi connectivity index (χ0v) is 25.7. The lowest BCUT2D eigenvalue weighted by Crippen LogP contribution is -2.71. The molecule has 1 aliphatic heterocycles. The van der Waals surface area contributed by atoms with Crippen LogP contribution in [0.25, 0.3) is 0 Å². The number of rotatable bonds is 7. The molecule has 4 aliphatic rings. The number of anilines is 1. The predicted molar refractivity (Wildman–Crippen MR) is 154 cm³/mol. The van der Waals surface area contributed by atoms with Crippen molar-refractivity contribution in [2.45, 2.75) is 54.1 Å². The topological polar surface area (TPSA) is 162 Å². The summed E-state index contributed by atoms with van der Waals surface area (Å²) in [5, 5.41) is 25.5. The van der Waals surface area contributed by atoms with Gasteiger partial charge in [-0.15, -0.1) is 0 Å². The summed E-state index contributed by atoms with van der Waals surface area (Å²) >= 11 is 6.25. The number of nitrogens with one attached hydrogen (secondary N) is 2. The minimum Gasteiger partial charge on any atom is -0.453 e. The Bertz CT molecular complexity index is 1620. The zero-order valence-electron chi connectivity index (χ0n) is 24.1. The van der Waals surface area contributed by atoms with Crippen LogP contribution in [-0.2, 0) is 19.4 Å². The number of amides is 3. The minimum atomic E-state index is -4.16. The molecule has 4 atom stereocenters. The van der Waals surface area contributed by atoms with Crippen molar-refractivity contribution in [2.24, 2.45) is 17.8 Å². The highest BCUT2D eigenvalue weighted by Gasteiger charge is 2.64. The van der Waals surface area contributed by atoms with Gasteiger partial charge in [-0.3, -0.25) is 14.5 Å². The van der Waals surface area contributed by atoms with Gasteiger partial charge < -0.3 is 25.6 Å². The summed E-state index contributed by atoms with van der Waals surface area (Å²) in [6.07, 6.45) is -1.67. The predicted octanol–water partition coefficient (Wildman–Crippen LogP) is 2.88. The first kappa shape index (κ1) is 33.0. The smallest absolute Gasteiger partial charge is 0.410 e. The highest BCUT2D eigenvalue weighted by Crippen LogP contribution is 2.59. The summed E-state index contributed by atoms with van der Waals surface area (Å²) < 4.78 is 72.7. The van der Waals surface area contributed by atoms with Crippen LogP contribution in [-0.4, -0.2) is 84.6 Å². The molecule has 2 bridgehead atoms. The third-order valence-electron chi connectivity index (χ3n) is 9.36. The van der Waals surface area contributed by atoms with Gasteiger partial charge in [0.1, 0.15) is 6.04 Å². The molecular weight excluding hydrogens is 643 g/mol. The van der Waals surface area contributed by atoms with E-state index in [1.807, 2.05) is 6.92 Å². The number of aliphatic hydroxyl groups excluding tert-OH is 1. The quantitative estimate of drug-likeness (QED) is 0.326. The van der Waals surface area contributed by atoms with Gasteiger partial charge in [-0.1, -0.05) is 18.5 Å². The number of fused-ring (bicyclic) bond motifs is 2. The first-order chi connectivity index (χ1) is 21.1. The minimum absolute atomic E-state index is 0.0214. The number of aliphatic hydroxyl groups is 2. The van der Waals surface area contributed by atoms with Gasteiger partial charge in [0.05, 0.1) is 34.0 Å². The SMILES string of the molecule is COC(=O)N1CC[C@@H](O)[C@H]1C(=O)NC[C@]1(O)C2CC(S(=O)(=O)c3cc(C(=O)Nc4cc(F)c(F)c(F)c4)ccc3Cl)CC1[C@@H]2C. The molecular formula is C29H31ClF3N3O8S. The number of nitrogens with zero attached hydrogens (tertiary/aromatic N) is 1. The van der Waals surface area contributed by atoms with E-state index in [2.05, 4.69) is 15.4 Å². The van der Waals surface area contributed by atoms with Crippen molar-refractivity contribution < 1.29 is 50.9 Å². The van der Waals surface area contributed by atoms with Gasteiger partial charge in [-0.2, -0.15) is 0 Å². The molecule has 3 aliphatic carbocycles. The van der Waals surface area contributed by atoms with Crippen LogP contribution in [0.5, 0.6) is 0 Å². The fourth-order valence-corrected chi connectivity index (χ4v) is 9.34. The molecule has 244 valence electrons. The lowest BCUT2D eigenvalue weighted by atomic mass is 9.48. The molecule has 4 N–H and O–H groups in total. The maximum absolute atomic E-state index is 13.8. The Morgan fingerprint density at radius 2 is 1.73 bits per heavy atom. The van der Waals surface area contributed by atoms with E-state index in [0.29, 0.717) is 12.1 Å². The summed E-state index contributed by atoms with van der Waals surface area (Å²) in [7, 11) is -3.00. The molecule has 0 spiro atoms. The van der Waals surface area contributed by atoms with Crippen molar-refractivity contribution >= 4 is 45.0 Å². The molecule has 2 aromatic rings. The molecule has 1 heterocycles. The Kier molecular flexibility index (Phi) is 8.85. The average Bonchev–Trinajstić information content (AvgIpc) is 3.39. The number of halogens is 4. The number of carbonyl (C=O) groups excluding carboxylic acids is 3.